The maximum atomic E-state index is 11.8. The number of hydrogen-bond donors (Lipinski definition) is 3. The van der Waals surface area contributed by atoms with Gasteiger partial charge in [0.2, 0.25) is 11.8 Å². The Morgan fingerprint density at radius 2 is 2.18 bits per heavy atom. The fourth-order valence-electron chi connectivity index (χ4n) is 1.83. The first-order valence-corrected chi connectivity index (χ1v) is 5.50. The Balaban J connectivity index is 2.62. The van der Waals surface area contributed by atoms with E-state index in [1.54, 1.807) is 0 Å². The van der Waals surface area contributed by atoms with Crippen molar-refractivity contribution in [3.8, 4) is 0 Å². The number of nitrogens with one attached hydrogen (secondary N) is 1. The number of carboxylic acids is 1. The summed E-state index contributed by atoms with van der Waals surface area (Å²) in [5.41, 5.74) is 5.25. The molecule has 1 aliphatic rings. The Morgan fingerprint density at radius 3 is 2.71 bits per heavy atom. The molecule has 17 heavy (non-hydrogen) atoms. The van der Waals surface area contributed by atoms with E-state index in [2.05, 4.69) is 5.32 Å². The zero-order valence-corrected chi connectivity index (χ0v) is 9.68. The van der Waals surface area contributed by atoms with Crippen molar-refractivity contribution in [1.82, 2.24) is 10.2 Å². The van der Waals surface area contributed by atoms with E-state index in [-0.39, 0.29) is 12.5 Å². The number of carbonyl (C=O) groups is 3. The molecular weight excluding hydrogens is 226 g/mol. The summed E-state index contributed by atoms with van der Waals surface area (Å²) >= 11 is 0. The van der Waals surface area contributed by atoms with Crippen molar-refractivity contribution in [1.29, 1.82) is 0 Å². The highest BCUT2D eigenvalue weighted by atomic mass is 16.4. The van der Waals surface area contributed by atoms with E-state index < -0.39 is 24.0 Å². The zero-order chi connectivity index (χ0) is 13.0. The molecule has 7 nitrogen and oxygen atoms in total. The number of aliphatic carboxylic acids is 1. The van der Waals surface area contributed by atoms with Gasteiger partial charge in [-0.1, -0.05) is 0 Å². The zero-order valence-electron chi connectivity index (χ0n) is 9.68. The minimum Gasteiger partial charge on any atom is -0.480 e. The number of hydrogen-bond acceptors (Lipinski definition) is 4. The first-order valence-electron chi connectivity index (χ1n) is 5.50. The molecule has 2 amide bonds. The number of nitrogens with two attached hydrogens (primary N) is 1. The molecule has 7 heteroatoms. The smallest absolute Gasteiger partial charge is 0.325 e. The van der Waals surface area contributed by atoms with Crippen LogP contribution in [0.4, 0.5) is 0 Å². The van der Waals surface area contributed by atoms with E-state index in [9.17, 15) is 14.4 Å². The van der Waals surface area contributed by atoms with Crippen LogP contribution in [-0.2, 0) is 14.4 Å². The monoisotopic (exact) mass is 243 g/mol. The number of carboxylic acid groups (broad SMARTS) is 1. The molecule has 0 aliphatic carbocycles. The molecule has 0 unspecified atom stereocenters. The standard InChI is InChI=1S/C10H17N3O4/c1-6(10(16)17)12-9(15)7-3-2-4-13(7)8(14)5-11/h6-7H,2-5,11H2,1H3,(H,12,15)(H,16,17)/t6-,7+/m0/s1. The van der Waals surface area contributed by atoms with Gasteiger partial charge in [-0.15, -0.1) is 0 Å². The van der Waals surface area contributed by atoms with Gasteiger partial charge >= 0.3 is 5.97 Å². The summed E-state index contributed by atoms with van der Waals surface area (Å²) in [7, 11) is 0. The Bertz CT molecular complexity index is 332. The Labute approximate surface area is 98.9 Å². The normalized spacial score (nSPS) is 21.1. The first kappa shape index (κ1) is 13.4. The Morgan fingerprint density at radius 1 is 1.53 bits per heavy atom. The van der Waals surface area contributed by atoms with Gasteiger partial charge in [-0.3, -0.25) is 14.4 Å². The van der Waals surface area contributed by atoms with Crippen LogP contribution in [0.3, 0.4) is 0 Å². The number of nitrogens with zero attached hydrogens (tertiary/aromatic N) is 1. The van der Waals surface area contributed by atoms with Gasteiger partial charge < -0.3 is 21.1 Å². The van der Waals surface area contributed by atoms with Crippen LogP contribution in [0.1, 0.15) is 19.8 Å². The van der Waals surface area contributed by atoms with Gasteiger partial charge in [0.15, 0.2) is 0 Å². The van der Waals surface area contributed by atoms with Gasteiger partial charge in [0, 0.05) is 6.54 Å². The fraction of sp³-hybridized carbons (Fsp3) is 0.700. The number of amides is 2. The van der Waals surface area contributed by atoms with Crippen LogP contribution in [0.15, 0.2) is 0 Å². The molecule has 1 rings (SSSR count). The topological polar surface area (TPSA) is 113 Å². The molecule has 1 aliphatic heterocycles. The molecule has 0 aromatic heterocycles. The van der Waals surface area contributed by atoms with E-state index in [0.717, 1.165) is 6.42 Å². The van der Waals surface area contributed by atoms with E-state index in [1.807, 2.05) is 0 Å². The molecule has 0 saturated carbocycles. The maximum Gasteiger partial charge on any atom is 0.325 e. The van der Waals surface area contributed by atoms with Crippen LogP contribution in [0.25, 0.3) is 0 Å². The molecule has 0 spiro atoms. The van der Waals surface area contributed by atoms with Crippen LogP contribution in [0.5, 0.6) is 0 Å². The average Bonchev–Trinajstić information content (AvgIpc) is 2.76. The molecule has 2 atom stereocenters. The van der Waals surface area contributed by atoms with Gasteiger partial charge in [0.1, 0.15) is 12.1 Å². The maximum absolute atomic E-state index is 11.8. The van der Waals surface area contributed by atoms with Crippen molar-refractivity contribution in [2.75, 3.05) is 13.1 Å². The van der Waals surface area contributed by atoms with Gasteiger partial charge in [-0.2, -0.15) is 0 Å². The summed E-state index contributed by atoms with van der Waals surface area (Å²) in [5, 5.41) is 11.0. The third-order valence-corrected chi connectivity index (χ3v) is 2.78. The SMILES string of the molecule is C[C@H](NC(=O)[C@H]1CCCN1C(=O)CN)C(=O)O. The molecule has 0 radical (unpaired) electrons. The van der Waals surface area contributed by atoms with E-state index in [4.69, 9.17) is 10.8 Å². The van der Waals surface area contributed by atoms with Crippen molar-refractivity contribution in [2.24, 2.45) is 5.73 Å². The lowest BCUT2D eigenvalue weighted by Gasteiger charge is -2.24. The van der Waals surface area contributed by atoms with Gasteiger partial charge in [-0.05, 0) is 19.8 Å². The number of rotatable bonds is 4. The molecule has 1 heterocycles. The van der Waals surface area contributed by atoms with Crippen LogP contribution >= 0.6 is 0 Å². The lowest BCUT2D eigenvalue weighted by molar-refractivity contribution is -0.143. The second-order valence-corrected chi connectivity index (χ2v) is 4.02. The first-order chi connectivity index (χ1) is 7.97. The van der Waals surface area contributed by atoms with Crippen molar-refractivity contribution < 1.29 is 19.5 Å². The van der Waals surface area contributed by atoms with E-state index >= 15 is 0 Å². The van der Waals surface area contributed by atoms with Crippen molar-refractivity contribution in [2.45, 2.75) is 31.8 Å². The summed E-state index contributed by atoms with van der Waals surface area (Å²) in [5.74, 6) is -1.82. The highest BCUT2D eigenvalue weighted by Crippen LogP contribution is 2.17. The van der Waals surface area contributed by atoms with E-state index in [1.165, 1.54) is 11.8 Å². The Kier molecular flexibility index (Phi) is 4.45. The minimum atomic E-state index is -1.10. The lowest BCUT2D eigenvalue weighted by Crippen LogP contribution is -2.51. The minimum absolute atomic E-state index is 0.141. The summed E-state index contributed by atoms with van der Waals surface area (Å²) in [6, 6.07) is -1.55. The molecule has 1 saturated heterocycles. The molecule has 96 valence electrons. The second-order valence-electron chi connectivity index (χ2n) is 4.02. The summed E-state index contributed by atoms with van der Waals surface area (Å²) in [6.07, 6.45) is 1.27. The second kappa shape index (κ2) is 5.62. The van der Waals surface area contributed by atoms with Crippen LogP contribution in [0, 0.1) is 0 Å². The predicted molar refractivity (Wildman–Crippen MR) is 59.0 cm³/mol. The molecule has 0 aromatic carbocycles. The van der Waals surface area contributed by atoms with Crippen LogP contribution in [-0.4, -0.2) is 53.0 Å². The van der Waals surface area contributed by atoms with Gasteiger partial charge in [-0.25, -0.2) is 0 Å². The van der Waals surface area contributed by atoms with Crippen molar-refractivity contribution in [3.05, 3.63) is 0 Å². The molecule has 0 aromatic rings. The molecular formula is C10H17N3O4. The third kappa shape index (κ3) is 3.16. The highest BCUT2D eigenvalue weighted by molar-refractivity contribution is 5.91. The fourth-order valence-corrected chi connectivity index (χ4v) is 1.83. The van der Waals surface area contributed by atoms with Gasteiger partial charge in [0.25, 0.3) is 0 Å². The molecule has 4 N–H and O–H groups in total. The third-order valence-electron chi connectivity index (χ3n) is 2.78. The number of carbonyl (C=O) groups excluding carboxylic acids is 2. The highest BCUT2D eigenvalue weighted by Gasteiger charge is 2.34. The predicted octanol–water partition coefficient (Wildman–Crippen LogP) is -1.47. The quantitative estimate of drug-likeness (QED) is 0.557. The average molecular weight is 243 g/mol. The number of likely N-dealkylation sites (tertiary alicyclic amines) is 1. The largest absolute Gasteiger partial charge is 0.480 e. The summed E-state index contributed by atoms with van der Waals surface area (Å²) < 4.78 is 0. The van der Waals surface area contributed by atoms with Crippen molar-refractivity contribution in [3.63, 3.8) is 0 Å². The van der Waals surface area contributed by atoms with Crippen LogP contribution < -0.4 is 11.1 Å². The molecule has 1 fully saturated rings. The Hall–Kier alpha value is -1.63. The van der Waals surface area contributed by atoms with Crippen molar-refractivity contribution >= 4 is 17.8 Å². The van der Waals surface area contributed by atoms with Crippen LogP contribution in [0.2, 0.25) is 0 Å². The van der Waals surface area contributed by atoms with Gasteiger partial charge in [0.05, 0.1) is 6.54 Å². The van der Waals surface area contributed by atoms with E-state index in [0.29, 0.717) is 13.0 Å². The summed E-state index contributed by atoms with van der Waals surface area (Å²) in [4.78, 5) is 35.2. The lowest BCUT2D eigenvalue weighted by atomic mass is 10.2. The summed E-state index contributed by atoms with van der Waals surface area (Å²) in [6.45, 7) is 1.73. The molecule has 0 bridgehead atoms.